The van der Waals surface area contributed by atoms with Gasteiger partial charge in [-0.05, 0) is 37.3 Å². The Morgan fingerprint density at radius 1 is 1.30 bits per heavy atom. The third-order valence-electron chi connectivity index (χ3n) is 4.21. The van der Waals surface area contributed by atoms with Gasteiger partial charge in [-0.2, -0.15) is 5.10 Å². The molecule has 2 heterocycles. The number of fused-ring (bicyclic) bond motifs is 1. The van der Waals surface area contributed by atoms with Gasteiger partial charge >= 0.3 is 0 Å². The van der Waals surface area contributed by atoms with Crippen LogP contribution in [0.25, 0.3) is 5.69 Å². The van der Waals surface area contributed by atoms with Gasteiger partial charge < -0.3 is 15.4 Å². The van der Waals surface area contributed by atoms with Crippen LogP contribution >= 0.6 is 11.6 Å². The number of carbonyl (C=O) groups is 2. The number of benzene rings is 2. The highest BCUT2D eigenvalue weighted by Crippen LogP contribution is 2.30. The summed E-state index contributed by atoms with van der Waals surface area (Å²) < 4.78 is 6.94. The number of carbonyl (C=O) groups excluding carboxylic acids is 2. The molecule has 0 atom stereocenters. The van der Waals surface area contributed by atoms with Crippen molar-refractivity contribution in [3.05, 3.63) is 64.9 Å². The molecule has 0 fully saturated rings. The average molecular weight is 383 g/mol. The molecule has 0 aliphatic carbocycles. The second kappa shape index (κ2) is 6.77. The zero-order valence-corrected chi connectivity index (χ0v) is 15.1. The van der Waals surface area contributed by atoms with Gasteiger partial charge in [0.2, 0.25) is 0 Å². The van der Waals surface area contributed by atoms with E-state index in [-0.39, 0.29) is 18.4 Å². The van der Waals surface area contributed by atoms with Gasteiger partial charge in [0.15, 0.2) is 6.61 Å². The average Bonchev–Trinajstić information content (AvgIpc) is 3.03. The molecule has 7 nitrogen and oxygen atoms in total. The van der Waals surface area contributed by atoms with Crippen LogP contribution in [0.3, 0.4) is 0 Å². The maximum atomic E-state index is 12.7. The number of nitrogens with zero attached hydrogens (tertiary/aromatic N) is 2. The Morgan fingerprint density at radius 3 is 2.93 bits per heavy atom. The number of rotatable bonds is 3. The van der Waals surface area contributed by atoms with Crippen molar-refractivity contribution in [1.29, 1.82) is 0 Å². The van der Waals surface area contributed by atoms with Gasteiger partial charge in [0, 0.05) is 5.69 Å². The molecule has 1 aliphatic heterocycles. The Bertz CT molecular complexity index is 1060. The van der Waals surface area contributed by atoms with Crippen molar-refractivity contribution in [1.82, 2.24) is 9.78 Å². The molecular weight excluding hydrogens is 368 g/mol. The van der Waals surface area contributed by atoms with E-state index in [9.17, 15) is 9.59 Å². The molecule has 2 amide bonds. The van der Waals surface area contributed by atoms with Crippen LogP contribution in [-0.4, -0.2) is 28.2 Å². The molecule has 8 heteroatoms. The number of halogens is 1. The van der Waals surface area contributed by atoms with Crippen molar-refractivity contribution in [3.63, 3.8) is 0 Å². The van der Waals surface area contributed by atoms with E-state index in [1.54, 1.807) is 35.9 Å². The minimum Gasteiger partial charge on any atom is -0.482 e. The lowest BCUT2D eigenvalue weighted by molar-refractivity contribution is -0.118. The molecule has 0 saturated carbocycles. The third kappa shape index (κ3) is 3.24. The molecule has 2 aromatic carbocycles. The van der Waals surface area contributed by atoms with Crippen molar-refractivity contribution in [2.45, 2.75) is 6.92 Å². The van der Waals surface area contributed by atoms with Gasteiger partial charge in [0.05, 0.1) is 33.9 Å². The first-order valence-corrected chi connectivity index (χ1v) is 8.58. The Kier molecular flexibility index (Phi) is 4.29. The van der Waals surface area contributed by atoms with Gasteiger partial charge in [-0.1, -0.05) is 23.7 Å². The van der Waals surface area contributed by atoms with E-state index in [1.165, 1.54) is 6.20 Å². The number of para-hydroxylation sites is 1. The first kappa shape index (κ1) is 17.1. The number of ether oxygens (including phenoxy) is 1. The molecule has 1 aliphatic rings. The standard InChI is InChI=1S/C19H15ClN4O3/c1-11-13(9-21-24(11)16-5-3-2-4-14(16)20)19(26)22-12-6-7-17-15(8-12)23-18(25)10-27-17/h2-9H,10H2,1H3,(H,22,26)(H,23,25). The Hall–Kier alpha value is -3.32. The summed E-state index contributed by atoms with van der Waals surface area (Å²) in [5.74, 6) is 0.0203. The fourth-order valence-corrected chi connectivity index (χ4v) is 3.07. The fraction of sp³-hybridized carbons (Fsp3) is 0.105. The van der Waals surface area contributed by atoms with E-state index in [0.717, 1.165) is 0 Å². The molecular formula is C19H15ClN4O3. The van der Waals surface area contributed by atoms with E-state index in [2.05, 4.69) is 15.7 Å². The van der Waals surface area contributed by atoms with Gasteiger partial charge in [-0.25, -0.2) is 4.68 Å². The number of nitrogens with one attached hydrogen (secondary N) is 2. The predicted molar refractivity (Wildman–Crippen MR) is 102 cm³/mol. The SMILES string of the molecule is Cc1c(C(=O)Nc2ccc3c(c2)NC(=O)CO3)cnn1-c1ccccc1Cl. The Morgan fingerprint density at radius 2 is 2.11 bits per heavy atom. The Labute approximate surface area is 159 Å². The van der Waals surface area contributed by atoms with E-state index >= 15 is 0 Å². The molecule has 3 aromatic rings. The van der Waals surface area contributed by atoms with Crippen LogP contribution in [0.4, 0.5) is 11.4 Å². The van der Waals surface area contributed by atoms with Crippen LogP contribution in [0.5, 0.6) is 5.75 Å². The first-order chi connectivity index (χ1) is 13.0. The highest BCUT2D eigenvalue weighted by Gasteiger charge is 2.19. The van der Waals surface area contributed by atoms with E-state index in [1.807, 2.05) is 18.2 Å². The highest BCUT2D eigenvalue weighted by atomic mass is 35.5. The minimum atomic E-state index is -0.311. The molecule has 0 radical (unpaired) electrons. The summed E-state index contributed by atoms with van der Waals surface area (Å²) in [6.07, 6.45) is 1.50. The van der Waals surface area contributed by atoms with E-state index in [4.69, 9.17) is 16.3 Å². The number of aromatic nitrogens is 2. The second-order valence-electron chi connectivity index (χ2n) is 6.01. The quantitative estimate of drug-likeness (QED) is 0.726. The van der Waals surface area contributed by atoms with Crippen molar-refractivity contribution in [2.75, 3.05) is 17.2 Å². The van der Waals surface area contributed by atoms with Gasteiger partial charge in [0.1, 0.15) is 5.75 Å². The van der Waals surface area contributed by atoms with Crippen molar-refractivity contribution in [3.8, 4) is 11.4 Å². The number of amides is 2. The lowest BCUT2D eigenvalue weighted by atomic mass is 10.2. The topological polar surface area (TPSA) is 85.2 Å². The fourth-order valence-electron chi connectivity index (χ4n) is 2.86. The summed E-state index contributed by atoms with van der Waals surface area (Å²) in [6.45, 7) is 1.78. The zero-order chi connectivity index (χ0) is 19.0. The highest BCUT2D eigenvalue weighted by molar-refractivity contribution is 6.32. The zero-order valence-electron chi connectivity index (χ0n) is 14.3. The molecule has 27 heavy (non-hydrogen) atoms. The monoisotopic (exact) mass is 382 g/mol. The summed E-state index contributed by atoms with van der Waals surface area (Å²) >= 11 is 6.22. The van der Waals surface area contributed by atoms with E-state index in [0.29, 0.717) is 39.1 Å². The summed E-state index contributed by atoms with van der Waals surface area (Å²) in [6, 6.07) is 12.3. The minimum absolute atomic E-state index is 0.0148. The maximum Gasteiger partial charge on any atom is 0.262 e. The maximum absolute atomic E-state index is 12.7. The smallest absolute Gasteiger partial charge is 0.262 e. The lowest BCUT2D eigenvalue weighted by Crippen LogP contribution is -2.25. The summed E-state index contributed by atoms with van der Waals surface area (Å²) in [7, 11) is 0. The van der Waals surface area contributed by atoms with E-state index < -0.39 is 0 Å². The van der Waals surface area contributed by atoms with Crippen LogP contribution in [0, 0.1) is 6.92 Å². The molecule has 0 bridgehead atoms. The first-order valence-electron chi connectivity index (χ1n) is 8.20. The third-order valence-corrected chi connectivity index (χ3v) is 4.52. The normalized spacial score (nSPS) is 12.7. The van der Waals surface area contributed by atoms with Crippen LogP contribution < -0.4 is 15.4 Å². The predicted octanol–water partition coefficient (Wildman–Crippen LogP) is 3.42. The van der Waals surface area contributed by atoms with Crippen molar-refractivity contribution >= 4 is 34.8 Å². The number of hydrogen-bond donors (Lipinski definition) is 2. The van der Waals surface area contributed by atoms with Crippen molar-refractivity contribution < 1.29 is 14.3 Å². The molecule has 0 unspecified atom stereocenters. The van der Waals surface area contributed by atoms with Crippen LogP contribution in [0.1, 0.15) is 16.1 Å². The second-order valence-corrected chi connectivity index (χ2v) is 6.42. The summed E-state index contributed by atoms with van der Waals surface area (Å²) in [4.78, 5) is 24.1. The largest absolute Gasteiger partial charge is 0.482 e. The molecule has 1 aromatic heterocycles. The molecule has 0 saturated heterocycles. The molecule has 136 valence electrons. The number of anilines is 2. The molecule has 4 rings (SSSR count). The van der Waals surface area contributed by atoms with Crippen LogP contribution in [0.15, 0.2) is 48.7 Å². The lowest BCUT2D eigenvalue weighted by Gasteiger charge is -2.18. The van der Waals surface area contributed by atoms with Crippen LogP contribution in [0.2, 0.25) is 5.02 Å². The summed E-state index contributed by atoms with van der Waals surface area (Å²) in [5.41, 5.74) is 2.84. The Balaban J connectivity index is 1.59. The molecule has 2 N–H and O–H groups in total. The summed E-state index contributed by atoms with van der Waals surface area (Å²) in [5, 5.41) is 10.3. The number of hydrogen-bond acceptors (Lipinski definition) is 4. The van der Waals surface area contributed by atoms with Crippen molar-refractivity contribution in [2.24, 2.45) is 0 Å². The van der Waals surface area contributed by atoms with Gasteiger partial charge in [-0.15, -0.1) is 0 Å². The van der Waals surface area contributed by atoms with Gasteiger partial charge in [-0.3, -0.25) is 9.59 Å². The van der Waals surface area contributed by atoms with Gasteiger partial charge in [0.25, 0.3) is 11.8 Å². The molecule has 0 spiro atoms. The van der Waals surface area contributed by atoms with Crippen LogP contribution in [-0.2, 0) is 4.79 Å².